The van der Waals surface area contributed by atoms with Crippen LogP contribution in [-0.2, 0) is 4.79 Å². The molecule has 1 saturated carbocycles. The Morgan fingerprint density at radius 3 is 2.30 bits per heavy atom. The number of anilines is 1. The first-order valence-corrected chi connectivity index (χ1v) is 7.04. The zero-order valence-electron chi connectivity index (χ0n) is 10.7. The third kappa shape index (κ3) is 3.46. The van der Waals surface area contributed by atoms with E-state index in [1.807, 2.05) is 0 Å². The van der Waals surface area contributed by atoms with E-state index >= 15 is 0 Å². The van der Waals surface area contributed by atoms with E-state index in [1.54, 1.807) is 0 Å². The Labute approximate surface area is 119 Å². The van der Waals surface area contributed by atoms with Crippen molar-refractivity contribution in [3.63, 3.8) is 0 Å². The minimum absolute atomic E-state index is 0.0904. The van der Waals surface area contributed by atoms with Crippen LogP contribution in [0.4, 0.5) is 18.9 Å². The number of rotatable bonds is 4. The molecule has 0 radical (unpaired) electrons. The van der Waals surface area contributed by atoms with E-state index in [0.29, 0.717) is 12.2 Å². The summed E-state index contributed by atoms with van der Waals surface area (Å²) in [5.41, 5.74) is 1.31. The largest absolute Gasteiger partial charge is 0.446 e. The van der Waals surface area contributed by atoms with Crippen LogP contribution in [0.3, 0.4) is 0 Å². The van der Waals surface area contributed by atoms with Crippen molar-refractivity contribution in [1.82, 2.24) is 0 Å². The lowest BCUT2D eigenvalue weighted by atomic mass is 9.68. The molecule has 3 nitrogen and oxygen atoms in total. The van der Waals surface area contributed by atoms with Gasteiger partial charge in [-0.1, -0.05) is 6.42 Å². The van der Waals surface area contributed by atoms with Gasteiger partial charge in [-0.05, 0) is 48.9 Å². The van der Waals surface area contributed by atoms with Crippen molar-refractivity contribution in [2.24, 2.45) is 11.1 Å². The van der Waals surface area contributed by atoms with E-state index in [1.165, 1.54) is 24.3 Å². The van der Waals surface area contributed by atoms with Crippen molar-refractivity contribution in [2.45, 2.75) is 29.7 Å². The van der Waals surface area contributed by atoms with Gasteiger partial charge in [0.2, 0.25) is 5.91 Å². The molecule has 110 valence electrons. The second kappa shape index (κ2) is 5.65. The molecule has 2 rings (SSSR count). The van der Waals surface area contributed by atoms with E-state index in [-0.39, 0.29) is 22.6 Å². The molecular weight excluding hydrogens is 289 g/mol. The van der Waals surface area contributed by atoms with Crippen LogP contribution in [0.15, 0.2) is 29.2 Å². The van der Waals surface area contributed by atoms with Gasteiger partial charge in [0, 0.05) is 17.1 Å². The average molecular weight is 304 g/mol. The van der Waals surface area contributed by atoms with E-state index in [4.69, 9.17) is 5.73 Å². The quantitative estimate of drug-likeness (QED) is 0.839. The average Bonchev–Trinajstić information content (AvgIpc) is 2.29. The van der Waals surface area contributed by atoms with Gasteiger partial charge in [-0.3, -0.25) is 4.79 Å². The number of halogens is 3. The third-order valence-electron chi connectivity index (χ3n) is 3.53. The fraction of sp³-hybridized carbons (Fsp3) is 0.462. The molecule has 0 atom stereocenters. The van der Waals surface area contributed by atoms with Crippen molar-refractivity contribution in [3.8, 4) is 0 Å². The summed E-state index contributed by atoms with van der Waals surface area (Å²) in [5.74, 6) is -0.150. The minimum Gasteiger partial charge on any atom is -0.329 e. The fourth-order valence-corrected chi connectivity index (χ4v) is 2.67. The molecule has 7 heteroatoms. The predicted octanol–water partition coefficient (Wildman–Crippen LogP) is 3.37. The fourth-order valence-electron chi connectivity index (χ4n) is 2.13. The molecule has 3 N–H and O–H groups in total. The van der Waals surface area contributed by atoms with Crippen molar-refractivity contribution in [1.29, 1.82) is 0 Å². The Bertz CT molecular complexity index is 478. The highest BCUT2D eigenvalue weighted by Gasteiger charge is 2.42. The van der Waals surface area contributed by atoms with Gasteiger partial charge in [0.05, 0.1) is 5.41 Å². The van der Waals surface area contributed by atoms with Crippen LogP contribution in [-0.4, -0.2) is 18.0 Å². The molecule has 0 heterocycles. The molecule has 20 heavy (non-hydrogen) atoms. The van der Waals surface area contributed by atoms with E-state index in [9.17, 15) is 18.0 Å². The number of hydrogen-bond acceptors (Lipinski definition) is 3. The molecule has 1 amide bonds. The normalized spacial score (nSPS) is 17.4. The lowest BCUT2D eigenvalue weighted by Gasteiger charge is -2.39. The molecule has 1 aromatic carbocycles. The molecule has 0 saturated heterocycles. The molecule has 1 aliphatic carbocycles. The number of carbonyl (C=O) groups is 1. The maximum Gasteiger partial charge on any atom is 0.446 e. The summed E-state index contributed by atoms with van der Waals surface area (Å²) in [5, 5.41) is 2.72. The first kappa shape index (κ1) is 15.2. The van der Waals surface area contributed by atoms with Gasteiger partial charge in [-0.2, -0.15) is 13.2 Å². The van der Waals surface area contributed by atoms with Crippen LogP contribution in [0, 0.1) is 5.41 Å². The molecular formula is C13H15F3N2OS. The number of amides is 1. The second-order valence-electron chi connectivity index (χ2n) is 4.86. The number of hydrogen-bond donors (Lipinski definition) is 2. The summed E-state index contributed by atoms with van der Waals surface area (Å²) in [4.78, 5) is 12.2. The zero-order chi connectivity index (χ0) is 14.8. The Morgan fingerprint density at radius 2 is 1.90 bits per heavy atom. The van der Waals surface area contributed by atoms with Gasteiger partial charge in [-0.25, -0.2) is 0 Å². The summed E-state index contributed by atoms with van der Waals surface area (Å²) < 4.78 is 36.6. The van der Waals surface area contributed by atoms with Crippen LogP contribution < -0.4 is 11.1 Å². The van der Waals surface area contributed by atoms with Gasteiger partial charge in [0.25, 0.3) is 0 Å². The van der Waals surface area contributed by atoms with Crippen LogP contribution in [0.25, 0.3) is 0 Å². The first-order chi connectivity index (χ1) is 9.35. The van der Waals surface area contributed by atoms with Gasteiger partial charge >= 0.3 is 5.51 Å². The molecule has 0 bridgehead atoms. The lowest BCUT2D eigenvalue weighted by Crippen LogP contribution is -2.47. The van der Waals surface area contributed by atoms with Gasteiger partial charge < -0.3 is 11.1 Å². The van der Waals surface area contributed by atoms with Crippen molar-refractivity contribution < 1.29 is 18.0 Å². The van der Waals surface area contributed by atoms with E-state index < -0.39 is 10.9 Å². The lowest BCUT2D eigenvalue weighted by molar-refractivity contribution is -0.129. The van der Waals surface area contributed by atoms with Crippen LogP contribution in [0.5, 0.6) is 0 Å². The Hall–Kier alpha value is -1.21. The van der Waals surface area contributed by atoms with E-state index in [0.717, 1.165) is 19.3 Å². The van der Waals surface area contributed by atoms with Crippen LogP contribution in [0.2, 0.25) is 0 Å². The molecule has 0 aliphatic heterocycles. The Balaban J connectivity index is 1.99. The second-order valence-corrected chi connectivity index (χ2v) is 6.00. The third-order valence-corrected chi connectivity index (χ3v) is 4.27. The Kier molecular flexibility index (Phi) is 4.29. The summed E-state index contributed by atoms with van der Waals surface area (Å²) in [6, 6.07) is 5.61. The van der Waals surface area contributed by atoms with Crippen molar-refractivity contribution >= 4 is 23.4 Å². The highest BCUT2D eigenvalue weighted by molar-refractivity contribution is 8.00. The van der Waals surface area contributed by atoms with Crippen LogP contribution >= 0.6 is 11.8 Å². The molecule has 1 aromatic rings. The van der Waals surface area contributed by atoms with Crippen LogP contribution in [0.1, 0.15) is 19.3 Å². The van der Waals surface area contributed by atoms with E-state index in [2.05, 4.69) is 5.32 Å². The standard InChI is InChI=1S/C13H15F3N2OS/c14-13(15,16)20-10-4-2-9(3-5-10)18-11(19)12(8-17)6-1-7-12/h2-5H,1,6-8,17H2,(H,18,19). The van der Waals surface area contributed by atoms with Crippen molar-refractivity contribution in [3.05, 3.63) is 24.3 Å². The number of nitrogens with one attached hydrogen (secondary N) is 1. The summed E-state index contributed by atoms with van der Waals surface area (Å²) in [6.45, 7) is 0.293. The SMILES string of the molecule is NCC1(C(=O)Nc2ccc(SC(F)(F)F)cc2)CCC1. The number of alkyl halides is 3. The molecule has 1 fully saturated rings. The first-order valence-electron chi connectivity index (χ1n) is 6.22. The van der Waals surface area contributed by atoms with Gasteiger partial charge in [-0.15, -0.1) is 0 Å². The summed E-state index contributed by atoms with van der Waals surface area (Å²) >= 11 is -0.179. The van der Waals surface area contributed by atoms with Gasteiger partial charge in [0.15, 0.2) is 0 Å². The number of nitrogens with two attached hydrogens (primary N) is 1. The summed E-state index contributed by atoms with van der Waals surface area (Å²) in [6.07, 6.45) is 2.50. The topological polar surface area (TPSA) is 55.1 Å². The smallest absolute Gasteiger partial charge is 0.329 e. The van der Waals surface area contributed by atoms with Crippen molar-refractivity contribution in [2.75, 3.05) is 11.9 Å². The summed E-state index contributed by atoms with van der Waals surface area (Å²) in [7, 11) is 0. The molecule has 1 aliphatic rings. The minimum atomic E-state index is -4.31. The van der Waals surface area contributed by atoms with Gasteiger partial charge in [0.1, 0.15) is 0 Å². The number of carbonyl (C=O) groups excluding carboxylic acids is 1. The molecule has 0 aromatic heterocycles. The predicted molar refractivity (Wildman–Crippen MR) is 72.3 cm³/mol. The zero-order valence-corrected chi connectivity index (χ0v) is 11.5. The highest BCUT2D eigenvalue weighted by Crippen LogP contribution is 2.41. The number of benzene rings is 1. The number of thioether (sulfide) groups is 1. The highest BCUT2D eigenvalue weighted by atomic mass is 32.2. The maximum absolute atomic E-state index is 12.2. The maximum atomic E-state index is 12.2. The molecule has 0 spiro atoms. The Morgan fingerprint density at radius 1 is 1.30 bits per heavy atom. The monoisotopic (exact) mass is 304 g/mol. The molecule has 0 unspecified atom stereocenters.